The van der Waals surface area contributed by atoms with E-state index in [9.17, 15) is 18.0 Å². The van der Waals surface area contributed by atoms with Gasteiger partial charge in [-0.05, 0) is 55.3 Å². The van der Waals surface area contributed by atoms with E-state index in [-0.39, 0.29) is 23.7 Å². The summed E-state index contributed by atoms with van der Waals surface area (Å²) in [7, 11) is 3.83. The molecule has 4 heterocycles. The third-order valence-electron chi connectivity index (χ3n) is 7.17. The van der Waals surface area contributed by atoms with Crippen molar-refractivity contribution < 1.29 is 22.7 Å². The van der Waals surface area contributed by atoms with Crippen LogP contribution < -0.4 is 20.4 Å². The molecule has 2 aromatic carbocycles. The number of benzene rings is 2. The quantitative estimate of drug-likeness (QED) is 0.334. The fourth-order valence-corrected chi connectivity index (χ4v) is 5.24. The van der Waals surface area contributed by atoms with Crippen LogP contribution in [0.5, 0.6) is 0 Å². The zero-order valence-electron chi connectivity index (χ0n) is 22.5. The van der Waals surface area contributed by atoms with E-state index in [0.29, 0.717) is 41.2 Å². The molecule has 2 N–H and O–H groups in total. The first kappa shape index (κ1) is 26.8. The molecule has 0 saturated carbocycles. The molecule has 2 amide bonds. The number of amides is 2. The highest BCUT2D eigenvalue weighted by Crippen LogP contribution is 2.34. The van der Waals surface area contributed by atoms with Crippen LogP contribution in [-0.4, -0.2) is 71.3 Å². The molecule has 214 valence electrons. The molecule has 0 aliphatic carbocycles. The lowest BCUT2D eigenvalue weighted by atomic mass is 10.2. The number of halogens is 3. The minimum atomic E-state index is -4.45. The van der Waals surface area contributed by atoms with Crippen molar-refractivity contribution in [2.45, 2.75) is 37.8 Å². The number of ether oxygens (including phenoxy) is 1. The van der Waals surface area contributed by atoms with Gasteiger partial charge in [-0.3, -0.25) is 0 Å². The molecule has 2 aromatic heterocycles. The second kappa shape index (κ2) is 10.5. The van der Waals surface area contributed by atoms with Gasteiger partial charge in [0, 0.05) is 49.8 Å². The van der Waals surface area contributed by atoms with Crippen molar-refractivity contribution in [3.05, 3.63) is 54.7 Å². The van der Waals surface area contributed by atoms with Crippen LogP contribution in [0, 0.1) is 0 Å². The first-order valence-corrected chi connectivity index (χ1v) is 13.3. The molecule has 2 bridgehead atoms. The summed E-state index contributed by atoms with van der Waals surface area (Å²) in [5, 5.41) is 10.1. The van der Waals surface area contributed by atoms with Crippen molar-refractivity contribution in [1.82, 2.24) is 19.7 Å². The van der Waals surface area contributed by atoms with Gasteiger partial charge in [-0.2, -0.15) is 18.3 Å². The topological polar surface area (TPSA) is 100 Å². The summed E-state index contributed by atoms with van der Waals surface area (Å²) in [5.41, 5.74) is 2.83. The van der Waals surface area contributed by atoms with Gasteiger partial charge in [-0.25, -0.2) is 19.4 Å². The van der Waals surface area contributed by atoms with Crippen LogP contribution in [0.15, 0.2) is 54.7 Å². The predicted molar refractivity (Wildman–Crippen MR) is 150 cm³/mol. The highest BCUT2D eigenvalue weighted by atomic mass is 19.4. The molecular weight excluding hydrogens is 537 g/mol. The number of nitrogens with zero attached hydrogens (tertiary/aromatic N) is 6. The van der Waals surface area contributed by atoms with Crippen molar-refractivity contribution in [3.8, 4) is 11.4 Å². The van der Waals surface area contributed by atoms with Crippen LogP contribution in [0.25, 0.3) is 22.4 Å². The van der Waals surface area contributed by atoms with Crippen LogP contribution in [0.2, 0.25) is 0 Å². The number of nitrogens with one attached hydrogen (secondary N) is 2. The second-order valence-electron chi connectivity index (χ2n) is 10.5. The second-order valence-corrected chi connectivity index (χ2v) is 10.5. The standard InChI is InChI=1S/C28H29F3N8O2/c1-37(2)20-5-3-4-19(12-20)34-27(40)33-18-8-6-17(7-9-18)24-35-25(38-14-21-10-11-22(15-38)41-21)23-13-32-39(26(23)36-24)16-28(29,30)31/h3-9,12-13,21-22H,10-11,14-16H2,1-2H3,(H2,33,34,40). The van der Waals surface area contributed by atoms with Gasteiger partial charge in [0.1, 0.15) is 12.4 Å². The van der Waals surface area contributed by atoms with Crippen molar-refractivity contribution in [2.75, 3.05) is 47.6 Å². The van der Waals surface area contributed by atoms with Gasteiger partial charge in [-0.1, -0.05) is 6.07 Å². The van der Waals surface area contributed by atoms with Crippen LogP contribution in [-0.2, 0) is 11.3 Å². The molecule has 0 radical (unpaired) electrons. The largest absolute Gasteiger partial charge is 0.408 e. The maximum absolute atomic E-state index is 13.3. The molecule has 4 aromatic rings. The molecule has 2 aliphatic heterocycles. The van der Waals surface area contributed by atoms with E-state index in [1.807, 2.05) is 37.2 Å². The van der Waals surface area contributed by atoms with Crippen molar-refractivity contribution in [1.29, 1.82) is 0 Å². The number of urea groups is 1. The van der Waals surface area contributed by atoms with Crippen molar-refractivity contribution in [3.63, 3.8) is 0 Å². The Labute approximate surface area is 234 Å². The zero-order chi connectivity index (χ0) is 28.7. The Morgan fingerprint density at radius 2 is 1.73 bits per heavy atom. The number of carbonyl (C=O) groups is 1. The first-order valence-electron chi connectivity index (χ1n) is 13.3. The smallest absolute Gasteiger partial charge is 0.378 e. The lowest BCUT2D eigenvalue weighted by Crippen LogP contribution is -2.43. The fraction of sp³-hybridized carbons (Fsp3) is 0.357. The molecule has 2 saturated heterocycles. The van der Waals surface area contributed by atoms with E-state index in [1.54, 1.807) is 30.3 Å². The third kappa shape index (κ3) is 5.89. The van der Waals surface area contributed by atoms with Crippen LogP contribution in [0.1, 0.15) is 12.8 Å². The zero-order valence-corrected chi connectivity index (χ0v) is 22.5. The third-order valence-corrected chi connectivity index (χ3v) is 7.17. The van der Waals surface area contributed by atoms with E-state index in [2.05, 4.69) is 25.6 Å². The number of morpholine rings is 1. The fourth-order valence-electron chi connectivity index (χ4n) is 5.24. The molecule has 41 heavy (non-hydrogen) atoms. The lowest BCUT2D eigenvalue weighted by Gasteiger charge is -2.33. The molecule has 2 aliphatic rings. The molecule has 0 spiro atoms. The lowest BCUT2D eigenvalue weighted by molar-refractivity contribution is -0.141. The summed E-state index contributed by atoms with van der Waals surface area (Å²) in [5.74, 6) is 0.812. The number of rotatable bonds is 6. The summed E-state index contributed by atoms with van der Waals surface area (Å²) in [4.78, 5) is 25.9. The molecule has 2 unspecified atom stereocenters. The normalized spacial score (nSPS) is 18.5. The maximum atomic E-state index is 13.3. The minimum absolute atomic E-state index is 0.0642. The number of fused-ring (bicyclic) bond motifs is 3. The van der Waals surface area contributed by atoms with Gasteiger partial charge < -0.3 is 25.2 Å². The Hall–Kier alpha value is -4.39. The maximum Gasteiger partial charge on any atom is 0.408 e. The highest BCUT2D eigenvalue weighted by molar-refractivity contribution is 6.00. The Morgan fingerprint density at radius 1 is 1.02 bits per heavy atom. The van der Waals surface area contributed by atoms with Gasteiger partial charge in [0.25, 0.3) is 0 Å². The Kier molecular flexibility index (Phi) is 6.89. The van der Waals surface area contributed by atoms with Crippen molar-refractivity contribution >= 4 is 39.9 Å². The van der Waals surface area contributed by atoms with E-state index >= 15 is 0 Å². The molecule has 13 heteroatoms. The summed E-state index contributed by atoms with van der Waals surface area (Å²) in [6.45, 7) is -0.0555. The monoisotopic (exact) mass is 566 g/mol. The highest BCUT2D eigenvalue weighted by Gasteiger charge is 2.36. The molecular formula is C28H29F3N8O2. The summed E-state index contributed by atoms with van der Waals surface area (Å²) < 4.78 is 46.7. The average molecular weight is 567 g/mol. The molecule has 2 atom stereocenters. The Bertz CT molecular complexity index is 1560. The van der Waals surface area contributed by atoms with Gasteiger partial charge in [0.05, 0.1) is 23.8 Å². The van der Waals surface area contributed by atoms with Crippen LogP contribution in [0.4, 0.5) is 40.8 Å². The minimum Gasteiger partial charge on any atom is -0.378 e. The summed E-state index contributed by atoms with van der Waals surface area (Å²) in [6.07, 6.45) is -1.04. The average Bonchev–Trinajstić information content (AvgIpc) is 3.48. The van der Waals surface area contributed by atoms with Crippen LogP contribution in [0.3, 0.4) is 0 Å². The SMILES string of the molecule is CN(C)c1cccc(NC(=O)Nc2ccc(-c3nc(N4CC5CCC(C4)O5)c4cnn(CC(F)(F)F)c4n3)cc2)c1. The van der Waals surface area contributed by atoms with Gasteiger partial charge in [-0.15, -0.1) is 0 Å². The predicted octanol–water partition coefficient (Wildman–Crippen LogP) is 5.13. The number of aromatic nitrogens is 4. The summed E-state index contributed by atoms with van der Waals surface area (Å²) >= 11 is 0. The van der Waals surface area contributed by atoms with Crippen LogP contribution >= 0.6 is 0 Å². The molecule has 10 nitrogen and oxygen atoms in total. The first-order chi connectivity index (χ1) is 19.6. The number of alkyl halides is 3. The van der Waals surface area contributed by atoms with Gasteiger partial charge >= 0.3 is 12.2 Å². The molecule has 2 fully saturated rings. The van der Waals surface area contributed by atoms with E-state index in [4.69, 9.17) is 9.72 Å². The number of hydrogen-bond donors (Lipinski definition) is 2. The molecule has 6 rings (SSSR count). The Morgan fingerprint density at radius 3 is 2.41 bits per heavy atom. The number of hydrogen-bond acceptors (Lipinski definition) is 7. The Balaban J connectivity index is 1.26. The van der Waals surface area contributed by atoms with Crippen molar-refractivity contribution in [2.24, 2.45) is 0 Å². The van der Waals surface area contributed by atoms with Gasteiger partial charge in [0.15, 0.2) is 11.5 Å². The van der Waals surface area contributed by atoms with Gasteiger partial charge in [0.2, 0.25) is 0 Å². The summed E-state index contributed by atoms with van der Waals surface area (Å²) in [6, 6.07) is 13.9. The van der Waals surface area contributed by atoms with E-state index in [0.717, 1.165) is 23.2 Å². The van der Waals surface area contributed by atoms with E-state index in [1.165, 1.54) is 6.20 Å². The number of carbonyl (C=O) groups excluding carboxylic acids is 1. The van der Waals surface area contributed by atoms with E-state index < -0.39 is 18.8 Å². The number of anilines is 4.